The van der Waals surface area contributed by atoms with Gasteiger partial charge in [-0.15, -0.1) is 0 Å². The summed E-state index contributed by atoms with van der Waals surface area (Å²) in [4.78, 5) is 21.6. The molecule has 0 unspecified atom stereocenters. The Bertz CT molecular complexity index is 439. The minimum atomic E-state index is -1.13. The number of nitrogens with one attached hydrogen (secondary N) is 1. The smallest absolute Gasteiger partial charge is 0.335 e. The number of fused-ring (bicyclic) bond motifs is 1. The second kappa shape index (κ2) is 2.73. The van der Waals surface area contributed by atoms with E-state index in [0.717, 1.165) is 6.07 Å². The predicted octanol–water partition coefficient (Wildman–Crippen LogP) is 0.585. The molecule has 2 rings (SSSR count). The highest BCUT2D eigenvalue weighted by atomic mass is 16.4. The number of carboxylic acids is 1. The summed E-state index contributed by atoms with van der Waals surface area (Å²) >= 11 is 0. The lowest BCUT2D eigenvalue weighted by atomic mass is 10.1. The molecule has 1 aliphatic heterocycles. The number of carbonyl (C=O) groups is 2. The highest BCUT2D eigenvalue weighted by Gasteiger charge is 2.22. The molecular formula is C9H7NO4. The predicted molar refractivity (Wildman–Crippen MR) is 47.4 cm³/mol. The van der Waals surface area contributed by atoms with Crippen molar-refractivity contribution in [3.8, 4) is 5.75 Å². The highest BCUT2D eigenvalue weighted by molar-refractivity contribution is 6.02. The summed E-state index contributed by atoms with van der Waals surface area (Å²) in [5.41, 5.74) is 0.802. The lowest BCUT2D eigenvalue weighted by Gasteiger charge is -2.02. The lowest BCUT2D eigenvalue weighted by Crippen LogP contribution is -2.04. The van der Waals surface area contributed by atoms with Crippen molar-refractivity contribution >= 4 is 17.6 Å². The molecule has 72 valence electrons. The number of anilines is 1. The van der Waals surface area contributed by atoms with Crippen molar-refractivity contribution in [1.82, 2.24) is 0 Å². The van der Waals surface area contributed by atoms with Crippen LogP contribution < -0.4 is 5.32 Å². The fourth-order valence-electron chi connectivity index (χ4n) is 1.43. The number of carboxylic acid groups (broad SMARTS) is 1. The number of aromatic carboxylic acids is 1. The van der Waals surface area contributed by atoms with Gasteiger partial charge in [-0.1, -0.05) is 0 Å². The molecule has 3 N–H and O–H groups in total. The van der Waals surface area contributed by atoms with Gasteiger partial charge < -0.3 is 15.5 Å². The average Bonchev–Trinajstić information content (AvgIpc) is 2.45. The SMILES string of the molecule is O=C1Cc2c(O)cc(C(=O)O)cc2N1. The minimum Gasteiger partial charge on any atom is -0.508 e. The van der Waals surface area contributed by atoms with Crippen LogP contribution in [0.25, 0.3) is 0 Å². The molecule has 5 heteroatoms. The topological polar surface area (TPSA) is 86.6 Å². The fraction of sp³-hybridized carbons (Fsp3) is 0.111. The third-order valence-electron chi connectivity index (χ3n) is 2.08. The zero-order chi connectivity index (χ0) is 10.3. The Hall–Kier alpha value is -2.04. The molecule has 0 bridgehead atoms. The largest absolute Gasteiger partial charge is 0.508 e. The first-order valence-electron chi connectivity index (χ1n) is 3.97. The average molecular weight is 193 g/mol. The van der Waals surface area contributed by atoms with E-state index < -0.39 is 5.97 Å². The van der Waals surface area contributed by atoms with E-state index in [4.69, 9.17) is 5.11 Å². The molecule has 0 aromatic heterocycles. The number of amides is 1. The van der Waals surface area contributed by atoms with Gasteiger partial charge in [0.25, 0.3) is 0 Å². The van der Waals surface area contributed by atoms with E-state index in [-0.39, 0.29) is 23.6 Å². The Labute approximate surface area is 79.0 Å². The summed E-state index contributed by atoms with van der Waals surface area (Å²) in [7, 11) is 0. The van der Waals surface area contributed by atoms with Crippen LogP contribution in [0.4, 0.5) is 5.69 Å². The van der Waals surface area contributed by atoms with Gasteiger partial charge in [-0.25, -0.2) is 4.79 Å². The van der Waals surface area contributed by atoms with Gasteiger partial charge >= 0.3 is 5.97 Å². The first kappa shape index (κ1) is 8.55. The Morgan fingerprint density at radius 3 is 2.79 bits per heavy atom. The van der Waals surface area contributed by atoms with Crippen LogP contribution in [0.2, 0.25) is 0 Å². The number of hydrogen-bond donors (Lipinski definition) is 3. The number of rotatable bonds is 1. The molecule has 0 atom stereocenters. The summed E-state index contributed by atoms with van der Waals surface area (Å²) in [6, 6.07) is 2.48. The van der Waals surface area contributed by atoms with Crippen LogP contribution in [-0.2, 0) is 11.2 Å². The monoisotopic (exact) mass is 193 g/mol. The maximum absolute atomic E-state index is 11.0. The van der Waals surface area contributed by atoms with E-state index in [0.29, 0.717) is 11.3 Å². The maximum atomic E-state index is 11.0. The molecular weight excluding hydrogens is 186 g/mol. The normalized spacial score (nSPS) is 13.6. The molecule has 5 nitrogen and oxygen atoms in total. The van der Waals surface area contributed by atoms with Gasteiger partial charge in [0.2, 0.25) is 5.91 Å². The first-order valence-corrected chi connectivity index (χ1v) is 3.97. The number of phenols is 1. The van der Waals surface area contributed by atoms with Crippen LogP contribution in [0.3, 0.4) is 0 Å². The maximum Gasteiger partial charge on any atom is 0.335 e. The second-order valence-electron chi connectivity index (χ2n) is 3.05. The summed E-state index contributed by atoms with van der Waals surface area (Å²) in [6.07, 6.45) is 0.0983. The Morgan fingerprint density at radius 1 is 1.43 bits per heavy atom. The number of benzene rings is 1. The third-order valence-corrected chi connectivity index (χ3v) is 2.08. The molecule has 1 aromatic carbocycles. The van der Waals surface area contributed by atoms with Gasteiger partial charge in [0.15, 0.2) is 0 Å². The van der Waals surface area contributed by atoms with Crippen LogP contribution in [0, 0.1) is 0 Å². The van der Waals surface area contributed by atoms with Gasteiger partial charge in [-0.3, -0.25) is 4.79 Å². The molecule has 0 saturated carbocycles. The zero-order valence-corrected chi connectivity index (χ0v) is 7.07. The summed E-state index contributed by atoms with van der Waals surface area (Å²) in [6.45, 7) is 0. The minimum absolute atomic E-state index is 0.0385. The van der Waals surface area contributed by atoms with Crippen molar-refractivity contribution in [3.05, 3.63) is 23.3 Å². The van der Waals surface area contributed by atoms with Gasteiger partial charge in [-0.05, 0) is 12.1 Å². The van der Waals surface area contributed by atoms with E-state index in [1.165, 1.54) is 6.07 Å². The van der Waals surface area contributed by atoms with Crippen molar-refractivity contribution < 1.29 is 19.8 Å². The van der Waals surface area contributed by atoms with Crippen molar-refractivity contribution in [2.45, 2.75) is 6.42 Å². The van der Waals surface area contributed by atoms with Crippen LogP contribution in [0.15, 0.2) is 12.1 Å². The molecule has 0 spiro atoms. The van der Waals surface area contributed by atoms with E-state index in [9.17, 15) is 14.7 Å². The van der Waals surface area contributed by atoms with Gasteiger partial charge in [-0.2, -0.15) is 0 Å². The number of aromatic hydroxyl groups is 1. The van der Waals surface area contributed by atoms with Crippen LogP contribution >= 0.6 is 0 Å². The van der Waals surface area contributed by atoms with E-state index in [1.54, 1.807) is 0 Å². The molecule has 0 aliphatic carbocycles. The van der Waals surface area contributed by atoms with Crippen LogP contribution in [0.5, 0.6) is 5.75 Å². The van der Waals surface area contributed by atoms with Crippen molar-refractivity contribution in [2.75, 3.05) is 5.32 Å². The Kier molecular flexibility index (Phi) is 1.67. The Balaban J connectivity index is 2.56. The van der Waals surface area contributed by atoms with Crippen molar-refractivity contribution in [2.24, 2.45) is 0 Å². The van der Waals surface area contributed by atoms with Gasteiger partial charge in [0.1, 0.15) is 5.75 Å². The molecule has 1 amide bonds. The third kappa shape index (κ3) is 1.19. The van der Waals surface area contributed by atoms with E-state index >= 15 is 0 Å². The van der Waals surface area contributed by atoms with Crippen LogP contribution in [-0.4, -0.2) is 22.1 Å². The molecule has 0 saturated heterocycles. The molecule has 1 aromatic rings. The van der Waals surface area contributed by atoms with Gasteiger partial charge in [0, 0.05) is 11.3 Å². The molecule has 0 fully saturated rings. The van der Waals surface area contributed by atoms with Crippen molar-refractivity contribution in [3.63, 3.8) is 0 Å². The second-order valence-corrected chi connectivity index (χ2v) is 3.05. The number of hydrogen-bond acceptors (Lipinski definition) is 3. The quantitative estimate of drug-likeness (QED) is 0.609. The van der Waals surface area contributed by atoms with Crippen LogP contribution in [0.1, 0.15) is 15.9 Å². The summed E-state index contributed by atoms with van der Waals surface area (Å²) < 4.78 is 0. The number of phenolic OH excluding ortho intramolecular Hbond substituents is 1. The molecule has 14 heavy (non-hydrogen) atoms. The summed E-state index contributed by atoms with van der Waals surface area (Å²) in [5, 5.41) is 20.6. The van der Waals surface area contributed by atoms with E-state index in [2.05, 4.69) is 5.32 Å². The summed E-state index contributed by atoms with van der Waals surface area (Å²) in [5.74, 6) is -1.53. The van der Waals surface area contributed by atoms with E-state index in [1.807, 2.05) is 0 Å². The highest BCUT2D eigenvalue weighted by Crippen LogP contribution is 2.32. The van der Waals surface area contributed by atoms with Crippen molar-refractivity contribution in [1.29, 1.82) is 0 Å². The van der Waals surface area contributed by atoms with Gasteiger partial charge in [0.05, 0.1) is 12.0 Å². The first-order chi connectivity index (χ1) is 6.58. The molecule has 1 heterocycles. The number of carbonyl (C=O) groups excluding carboxylic acids is 1. The standard InChI is InChI=1S/C9H7NO4/c11-7-2-4(9(13)14)1-6-5(7)3-8(12)10-6/h1-2,11H,3H2,(H,10,12)(H,13,14). The molecule has 1 aliphatic rings. The lowest BCUT2D eigenvalue weighted by molar-refractivity contribution is -0.115. The molecule has 0 radical (unpaired) electrons. The zero-order valence-electron chi connectivity index (χ0n) is 7.07. The fourth-order valence-corrected chi connectivity index (χ4v) is 1.43. The Morgan fingerprint density at radius 2 is 2.14 bits per heavy atom.